The van der Waals surface area contributed by atoms with E-state index in [4.69, 9.17) is 4.74 Å². The van der Waals surface area contributed by atoms with E-state index in [1.165, 1.54) is 0 Å². The molecule has 1 saturated heterocycles. The molecule has 2 rings (SSSR count). The van der Waals surface area contributed by atoms with Gasteiger partial charge in [-0.2, -0.15) is 0 Å². The van der Waals surface area contributed by atoms with Crippen molar-refractivity contribution in [3.05, 3.63) is 18.2 Å². The summed E-state index contributed by atoms with van der Waals surface area (Å²) in [6, 6.07) is 0. The Kier molecular flexibility index (Phi) is 3.84. The molecule has 0 aliphatic carbocycles. The summed E-state index contributed by atoms with van der Waals surface area (Å²) in [4.78, 5) is 4.35. The van der Waals surface area contributed by atoms with Gasteiger partial charge < -0.3 is 14.4 Å². The summed E-state index contributed by atoms with van der Waals surface area (Å²) in [5.74, 6) is 1.21. The highest BCUT2D eigenvalue weighted by Gasteiger charge is 2.35. The SMILES string of the molecule is CCCn1ccnc1CC(C)(O)C1CCOC1. The van der Waals surface area contributed by atoms with E-state index >= 15 is 0 Å². The molecule has 0 aromatic carbocycles. The maximum absolute atomic E-state index is 10.5. The van der Waals surface area contributed by atoms with Crippen LogP contribution in [0, 0.1) is 5.92 Å². The predicted molar refractivity (Wildman–Crippen MR) is 65.8 cm³/mol. The molecule has 0 saturated carbocycles. The van der Waals surface area contributed by atoms with Crippen LogP contribution in [-0.4, -0.2) is 33.5 Å². The number of ether oxygens (including phenoxy) is 1. The Hall–Kier alpha value is -0.870. The van der Waals surface area contributed by atoms with Gasteiger partial charge in [-0.05, 0) is 19.8 Å². The molecule has 1 N–H and O–H groups in total. The average molecular weight is 238 g/mol. The largest absolute Gasteiger partial charge is 0.389 e. The monoisotopic (exact) mass is 238 g/mol. The zero-order valence-electron chi connectivity index (χ0n) is 10.7. The van der Waals surface area contributed by atoms with Crippen molar-refractivity contribution in [1.29, 1.82) is 0 Å². The molecular weight excluding hydrogens is 216 g/mol. The van der Waals surface area contributed by atoms with Gasteiger partial charge in [-0.25, -0.2) is 4.98 Å². The van der Waals surface area contributed by atoms with E-state index in [-0.39, 0.29) is 5.92 Å². The van der Waals surface area contributed by atoms with Crippen molar-refractivity contribution in [2.24, 2.45) is 5.92 Å². The quantitative estimate of drug-likeness (QED) is 0.848. The molecule has 4 nitrogen and oxygen atoms in total. The van der Waals surface area contributed by atoms with E-state index in [1.807, 2.05) is 19.3 Å². The number of rotatable bonds is 5. The van der Waals surface area contributed by atoms with Crippen LogP contribution in [0.1, 0.15) is 32.5 Å². The highest BCUT2D eigenvalue weighted by atomic mass is 16.5. The fraction of sp³-hybridized carbons (Fsp3) is 0.769. The summed E-state index contributed by atoms with van der Waals surface area (Å²) in [5.41, 5.74) is -0.715. The number of aromatic nitrogens is 2. The number of hydrogen-bond acceptors (Lipinski definition) is 3. The van der Waals surface area contributed by atoms with Crippen LogP contribution in [0.4, 0.5) is 0 Å². The lowest BCUT2D eigenvalue weighted by Gasteiger charge is -2.28. The molecule has 1 aromatic heterocycles. The van der Waals surface area contributed by atoms with Crippen molar-refractivity contribution in [3.8, 4) is 0 Å². The van der Waals surface area contributed by atoms with Crippen LogP contribution in [0.3, 0.4) is 0 Å². The lowest BCUT2D eigenvalue weighted by atomic mass is 9.85. The van der Waals surface area contributed by atoms with Gasteiger partial charge in [0.25, 0.3) is 0 Å². The second-order valence-corrected chi connectivity index (χ2v) is 5.13. The smallest absolute Gasteiger partial charge is 0.111 e. The van der Waals surface area contributed by atoms with Gasteiger partial charge in [-0.15, -0.1) is 0 Å². The van der Waals surface area contributed by atoms with Crippen LogP contribution >= 0.6 is 0 Å². The Bertz CT molecular complexity index is 354. The van der Waals surface area contributed by atoms with Crippen molar-refractivity contribution >= 4 is 0 Å². The third-order valence-corrected chi connectivity index (χ3v) is 3.59. The van der Waals surface area contributed by atoms with Gasteiger partial charge in [0.1, 0.15) is 5.82 Å². The first kappa shape index (κ1) is 12.6. The van der Waals surface area contributed by atoms with Crippen LogP contribution in [0.25, 0.3) is 0 Å². The number of hydrogen-bond donors (Lipinski definition) is 1. The van der Waals surface area contributed by atoms with Gasteiger partial charge >= 0.3 is 0 Å². The van der Waals surface area contributed by atoms with Crippen molar-refractivity contribution in [2.75, 3.05) is 13.2 Å². The molecule has 1 aromatic rings. The number of imidazole rings is 1. The summed E-state index contributed by atoms with van der Waals surface area (Å²) >= 11 is 0. The minimum absolute atomic E-state index is 0.231. The van der Waals surface area contributed by atoms with Crippen LogP contribution in [0.15, 0.2) is 12.4 Å². The zero-order chi connectivity index (χ0) is 12.3. The molecule has 2 unspecified atom stereocenters. The molecule has 4 heteroatoms. The van der Waals surface area contributed by atoms with Crippen molar-refractivity contribution in [3.63, 3.8) is 0 Å². The summed E-state index contributed by atoms with van der Waals surface area (Å²) in [6.45, 7) is 6.45. The highest BCUT2D eigenvalue weighted by Crippen LogP contribution is 2.28. The molecule has 0 spiro atoms. The van der Waals surface area contributed by atoms with Crippen molar-refractivity contribution in [1.82, 2.24) is 9.55 Å². The molecule has 96 valence electrons. The third-order valence-electron chi connectivity index (χ3n) is 3.59. The number of aliphatic hydroxyl groups is 1. The Morgan fingerprint density at radius 2 is 2.47 bits per heavy atom. The minimum atomic E-state index is -0.715. The first-order valence-corrected chi connectivity index (χ1v) is 6.43. The summed E-state index contributed by atoms with van der Waals surface area (Å²) in [5, 5.41) is 10.5. The van der Waals surface area contributed by atoms with E-state index in [0.29, 0.717) is 13.0 Å². The van der Waals surface area contributed by atoms with E-state index < -0.39 is 5.60 Å². The van der Waals surface area contributed by atoms with Gasteiger partial charge in [0.15, 0.2) is 0 Å². The van der Waals surface area contributed by atoms with Gasteiger partial charge in [-0.3, -0.25) is 0 Å². The molecule has 2 heterocycles. The minimum Gasteiger partial charge on any atom is -0.389 e. The van der Waals surface area contributed by atoms with Crippen molar-refractivity contribution in [2.45, 2.75) is 45.3 Å². The van der Waals surface area contributed by atoms with E-state index in [0.717, 1.165) is 31.8 Å². The lowest BCUT2D eigenvalue weighted by molar-refractivity contribution is -0.00676. The predicted octanol–water partition coefficient (Wildman–Crippen LogP) is 1.62. The molecule has 1 fully saturated rings. The molecule has 1 aliphatic rings. The molecule has 0 radical (unpaired) electrons. The third kappa shape index (κ3) is 2.87. The van der Waals surface area contributed by atoms with Gasteiger partial charge in [0, 0.05) is 37.9 Å². The van der Waals surface area contributed by atoms with Gasteiger partial charge in [0.2, 0.25) is 0 Å². The topological polar surface area (TPSA) is 47.3 Å². The summed E-state index contributed by atoms with van der Waals surface area (Å²) < 4.78 is 7.48. The second-order valence-electron chi connectivity index (χ2n) is 5.13. The fourth-order valence-electron chi connectivity index (χ4n) is 2.44. The van der Waals surface area contributed by atoms with E-state index in [1.54, 1.807) is 0 Å². The lowest BCUT2D eigenvalue weighted by Crippen LogP contribution is -2.38. The van der Waals surface area contributed by atoms with Crippen LogP contribution in [0.5, 0.6) is 0 Å². The Labute approximate surface area is 103 Å². The molecular formula is C13H22N2O2. The van der Waals surface area contributed by atoms with E-state index in [9.17, 15) is 5.11 Å². The first-order valence-electron chi connectivity index (χ1n) is 6.43. The highest BCUT2D eigenvalue weighted by molar-refractivity contribution is 5.00. The second kappa shape index (κ2) is 5.19. The Morgan fingerprint density at radius 3 is 3.12 bits per heavy atom. The first-order chi connectivity index (χ1) is 8.13. The maximum atomic E-state index is 10.5. The molecule has 2 atom stereocenters. The number of aryl methyl sites for hydroxylation is 1. The Balaban J connectivity index is 2.05. The zero-order valence-corrected chi connectivity index (χ0v) is 10.7. The van der Waals surface area contributed by atoms with Gasteiger partial charge in [-0.1, -0.05) is 6.92 Å². The normalized spacial score (nSPS) is 23.8. The van der Waals surface area contributed by atoms with Crippen molar-refractivity contribution < 1.29 is 9.84 Å². The molecule has 0 bridgehead atoms. The standard InChI is InChI=1S/C13H22N2O2/c1-3-6-15-7-5-14-12(15)9-13(2,16)11-4-8-17-10-11/h5,7,11,16H,3-4,6,8-10H2,1-2H3. The van der Waals surface area contributed by atoms with E-state index in [2.05, 4.69) is 16.5 Å². The summed E-state index contributed by atoms with van der Waals surface area (Å²) in [6.07, 6.45) is 6.43. The van der Waals surface area contributed by atoms with Crippen LogP contribution < -0.4 is 0 Å². The molecule has 1 aliphatic heterocycles. The number of nitrogens with zero attached hydrogens (tertiary/aromatic N) is 2. The molecule has 17 heavy (non-hydrogen) atoms. The molecule has 0 amide bonds. The summed E-state index contributed by atoms with van der Waals surface area (Å²) in [7, 11) is 0. The van der Waals surface area contributed by atoms with Crippen LogP contribution in [-0.2, 0) is 17.7 Å². The average Bonchev–Trinajstić information content (AvgIpc) is 2.90. The Morgan fingerprint density at radius 1 is 1.65 bits per heavy atom. The maximum Gasteiger partial charge on any atom is 0.111 e. The fourth-order valence-corrected chi connectivity index (χ4v) is 2.44. The van der Waals surface area contributed by atoms with Crippen LogP contribution in [0.2, 0.25) is 0 Å². The van der Waals surface area contributed by atoms with Gasteiger partial charge in [0.05, 0.1) is 12.2 Å².